The molecule has 0 saturated carbocycles. The molecule has 2 aromatic carbocycles. The highest BCUT2D eigenvalue weighted by molar-refractivity contribution is 6.00. The van der Waals surface area contributed by atoms with Crippen LogP contribution in [0, 0.1) is 5.92 Å². The predicted molar refractivity (Wildman–Crippen MR) is 108 cm³/mol. The van der Waals surface area contributed by atoms with E-state index in [1.165, 1.54) is 0 Å². The molecule has 1 N–H and O–H groups in total. The number of nitrogens with zero attached hydrogens (tertiary/aromatic N) is 1. The first-order valence-corrected chi connectivity index (χ1v) is 9.49. The number of hydrogen-bond acceptors (Lipinski definition) is 4. The van der Waals surface area contributed by atoms with Crippen LogP contribution in [0.4, 0.5) is 5.69 Å². The van der Waals surface area contributed by atoms with E-state index in [4.69, 9.17) is 9.47 Å². The van der Waals surface area contributed by atoms with Crippen molar-refractivity contribution in [2.24, 2.45) is 5.92 Å². The lowest BCUT2D eigenvalue weighted by molar-refractivity contribution is -0.126. The predicted octanol–water partition coefficient (Wildman–Crippen LogP) is 3.32. The van der Waals surface area contributed by atoms with Crippen molar-refractivity contribution in [1.82, 2.24) is 5.32 Å². The van der Waals surface area contributed by atoms with E-state index in [2.05, 4.69) is 5.32 Å². The molecule has 0 radical (unpaired) electrons. The topological polar surface area (TPSA) is 67.9 Å². The third-order valence-electron chi connectivity index (χ3n) is 4.89. The maximum absolute atomic E-state index is 12.7. The summed E-state index contributed by atoms with van der Waals surface area (Å²) < 4.78 is 10.7. The largest absolute Gasteiger partial charge is 0.497 e. The van der Waals surface area contributed by atoms with Crippen molar-refractivity contribution in [3.05, 3.63) is 54.1 Å². The zero-order valence-electron chi connectivity index (χ0n) is 16.5. The second-order valence-corrected chi connectivity index (χ2v) is 6.84. The molecule has 0 spiro atoms. The first kappa shape index (κ1) is 19.7. The van der Waals surface area contributed by atoms with Gasteiger partial charge in [0.05, 0.1) is 25.7 Å². The molecule has 28 heavy (non-hydrogen) atoms. The zero-order chi connectivity index (χ0) is 20.1. The molecular formula is C22H26N2O4. The number of nitrogens with one attached hydrogen (secondary N) is 1. The van der Waals surface area contributed by atoms with Crippen molar-refractivity contribution in [3.63, 3.8) is 0 Å². The van der Waals surface area contributed by atoms with Crippen LogP contribution in [0.1, 0.15) is 31.9 Å². The van der Waals surface area contributed by atoms with Gasteiger partial charge in [0.25, 0.3) is 0 Å². The molecule has 148 valence electrons. The Hall–Kier alpha value is -3.02. The van der Waals surface area contributed by atoms with Gasteiger partial charge in [-0.05, 0) is 43.7 Å². The molecule has 3 rings (SSSR count). The maximum Gasteiger partial charge on any atom is 0.227 e. The summed E-state index contributed by atoms with van der Waals surface area (Å²) in [5, 5.41) is 3.02. The SMILES string of the molecule is CCOc1cccc(C(C)NC(=O)C2CC(=O)N(c3cccc(OC)c3)C2)c1. The molecule has 2 unspecified atom stereocenters. The fourth-order valence-electron chi connectivity index (χ4n) is 3.37. The van der Waals surface area contributed by atoms with E-state index in [0.29, 0.717) is 18.9 Å². The summed E-state index contributed by atoms with van der Waals surface area (Å²) in [4.78, 5) is 26.8. The Morgan fingerprint density at radius 1 is 1.21 bits per heavy atom. The van der Waals surface area contributed by atoms with Gasteiger partial charge in [0, 0.05) is 24.7 Å². The first-order valence-electron chi connectivity index (χ1n) is 9.49. The number of benzene rings is 2. The van der Waals surface area contributed by atoms with Crippen molar-refractivity contribution < 1.29 is 19.1 Å². The quantitative estimate of drug-likeness (QED) is 0.798. The van der Waals surface area contributed by atoms with Crippen LogP contribution in [0.15, 0.2) is 48.5 Å². The molecule has 2 amide bonds. The second-order valence-electron chi connectivity index (χ2n) is 6.84. The maximum atomic E-state index is 12.7. The van der Waals surface area contributed by atoms with Gasteiger partial charge in [-0.1, -0.05) is 18.2 Å². The van der Waals surface area contributed by atoms with Crippen LogP contribution in [0.25, 0.3) is 0 Å². The number of hydrogen-bond donors (Lipinski definition) is 1. The molecule has 6 heteroatoms. The number of anilines is 1. The van der Waals surface area contributed by atoms with Crippen molar-refractivity contribution in [1.29, 1.82) is 0 Å². The van der Waals surface area contributed by atoms with E-state index < -0.39 is 0 Å². The highest BCUT2D eigenvalue weighted by Gasteiger charge is 2.35. The molecule has 2 atom stereocenters. The number of methoxy groups -OCH3 is 1. The third kappa shape index (κ3) is 4.44. The standard InChI is InChI=1S/C22H26N2O4/c1-4-28-20-10-5-7-16(11-20)15(2)23-22(26)17-12-21(25)24(14-17)18-8-6-9-19(13-18)27-3/h5-11,13,15,17H,4,12,14H2,1-3H3,(H,23,26). The van der Waals surface area contributed by atoms with E-state index >= 15 is 0 Å². The lowest BCUT2D eigenvalue weighted by Gasteiger charge is -2.19. The van der Waals surface area contributed by atoms with Gasteiger partial charge in [0.1, 0.15) is 11.5 Å². The molecule has 1 heterocycles. The number of ether oxygens (including phenoxy) is 2. The average molecular weight is 382 g/mol. The van der Waals surface area contributed by atoms with Gasteiger partial charge in [0.2, 0.25) is 11.8 Å². The van der Waals surface area contributed by atoms with Crippen LogP contribution in [0.5, 0.6) is 11.5 Å². The minimum atomic E-state index is -0.378. The number of carbonyl (C=O) groups excluding carboxylic acids is 2. The molecule has 0 bridgehead atoms. The Labute approximate surface area is 165 Å². The van der Waals surface area contributed by atoms with Gasteiger partial charge in [-0.3, -0.25) is 9.59 Å². The fourth-order valence-corrected chi connectivity index (χ4v) is 3.37. The molecule has 1 saturated heterocycles. The Morgan fingerprint density at radius 2 is 1.96 bits per heavy atom. The molecule has 1 aliphatic rings. The molecule has 0 aromatic heterocycles. The van der Waals surface area contributed by atoms with Crippen molar-refractivity contribution >= 4 is 17.5 Å². The lowest BCUT2D eigenvalue weighted by atomic mass is 10.0. The molecule has 0 aliphatic carbocycles. The number of amides is 2. The van der Waals surface area contributed by atoms with Gasteiger partial charge in [-0.2, -0.15) is 0 Å². The molecule has 6 nitrogen and oxygen atoms in total. The Kier molecular flexibility index (Phi) is 6.19. The smallest absolute Gasteiger partial charge is 0.227 e. The molecule has 1 aliphatic heterocycles. The Morgan fingerprint density at radius 3 is 2.71 bits per heavy atom. The van der Waals surface area contributed by atoms with E-state index in [9.17, 15) is 9.59 Å². The summed E-state index contributed by atoms with van der Waals surface area (Å²) in [7, 11) is 1.59. The van der Waals surface area contributed by atoms with Gasteiger partial charge >= 0.3 is 0 Å². The van der Waals surface area contributed by atoms with Crippen molar-refractivity contribution in [2.75, 3.05) is 25.2 Å². The summed E-state index contributed by atoms with van der Waals surface area (Å²) in [5.41, 5.74) is 1.71. The molecule has 2 aromatic rings. The van der Waals surface area contributed by atoms with Crippen LogP contribution in [0.2, 0.25) is 0 Å². The zero-order valence-corrected chi connectivity index (χ0v) is 16.5. The molecular weight excluding hydrogens is 356 g/mol. The number of rotatable bonds is 7. The summed E-state index contributed by atoms with van der Waals surface area (Å²) >= 11 is 0. The first-order chi connectivity index (χ1) is 13.5. The van der Waals surface area contributed by atoms with Crippen LogP contribution in [-0.2, 0) is 9.59 Å². The van der Waals surface area contributed by atoms with Gasteiger partial charge in [-0.25, -0.2) is 0 Å². The molecule has 1 fully saturated rings. The van der Waals surface area contributed by atoms with Gasteiger partial charge in [0.15, 0.2) is 0 Å². The van der Waals surface area contributed by atoms with Crippen molar-refractivity contribution in [2.45, 2.75) is 26.3 Å². The van der Waals surface area contributed by atoms with Crippen LogP contribution >= 0.6 is 0 Å². The van der Waals surface area contributed by atoms with E-state index in [-0.39, 0.29) is 30.2 Å². The van der Waals surface area contributed by atoms with Gasteiger partial charge in [-0.15, -0.1) is 0 Å². The summed E-state index contributed by atoms with van der Waals surface area (Å²) in [6.45, 7) is 4.82. The second kappa shape index (κ2) is 8.78. The minimum absolute atomic E-state index is 0.0561. The third-order valence-corrected chi connectivity index (χ3v) is 4.89. The van der Waals surface area contributed by atoms with Crippen molar-refractivity contribution in [3.8, 4) is 11.5 Å². The monoisotopic (exact) mass is 382 g/mol. The summed E-state index contributed by atoms with van der Waals surface area (Å²) in [5.74, 6) is 0.908. The number of carbonyl (C=O) groups is 2. The average Bonchev–Trinajstić information content (AvgIpc) is 3.10. The highest BCUT2D eigenvalue weighted by Crippen LogP contribution is 2.28. The summed E-state index contributed by atoms with van der Waals surface area (Å²) in [6.07, 6.45) is 0.203. The highest BCUT2D eigenvalue weighted by atomic mass is 16.5. The van der Waals surface area contributed by atoms with E-state index in [0.717, 1.165) is 17.0 Å². The Bertz CT molecular complexity index is 852. The van der Waals surface area contributed by atoms with Crippen LogP contribution in [0.3, 0.4) is 0 Å². The normalized spacial score (nSPS) is 17.3. The van der Waals surface area contributed by atoms with E-state index in [1.54, 1.807) is 18.1 Å². The van der Waals surface area contributed by atoms with Crippen LogP contribution < -0.4 is 19.7 Å². The lowest BCUT2D eigenvalue weighted by Crippen LogP contribution is -2.34. The van der Waals surface area contributed by atoms with Crippen LogP contribution in [-0.4, -0.2) is 32.1 Å². The minimum Gasteiger partial charge on any atom is -0.497 e. The van der Waals surface area contributed by atoms with E-state index in [1.807, 2.05) is 56.3 Å². The fraction of sp³-hybridized carbons (Fsp3) is 0.364. The summed E-state index contributed by atoms with van der Waals surface area (Å²) in [6, 6.07) is 14.8. The van der Waals surface area contributed by atoms with Gasteiger partial charge < -0.3 is 19.7 Å². The Balaban J connectivity index is 1.65.